The van der Waals surface area contributed by atoms with Crippen LogP contribution in [0.15, 0.2) is 24.8 Å². The van der Waals surface area contributed by atoms with Crippen LogP contribution in [-0.4, -0.2) is 60.2 Å². The van der Waals surface area contributed by atoms with E-state index in [0.717, 1.165) is 0 Å². The Kier molecular flexibility index (Phi) is 6.05. The zero-order chi connectivity index (χ0) is 20.2. The van der Waals surface area contributed by atoms with Crippen LogP contribution in [0.1, 0.15) is 37.0 Å². The summed E-state index contributed by atoms with van der Waals surface area (Å²) in [6, 6.07) is 5.13. The molecule has 0 aromatic carbocycles. The first-order chi connectivity index (χ1) is 12.7. The van der Waals surface area contributed by atoms with E-state index < -0.39 is 5.60 Å². The van der Waals surface area contributed by atoms with Gasteiger partial charge in [-0.25, -0.2) is 9.78 Å². The van der Waals surface area contributed by atoms with Crippen LogP contribution in [0.5, 0.6) is 0 Å². The molecule has 27 heavy (non-hydrogen) atoms. The third-order valence-corrected chi connectivity index (χ3v) is 4.09. The molecule has 8 nitrogen and oxygen atoms in total. The Morgan fingerprint density at radius 1 is 1.41 bits per heavy atom. The fourth-order valence-corrected chi connectivity index (χ4v) is 2.82. The minimum Gasteiger partial charge on any atom is -0.444 e. The fourth-order valence-electron chi connectivity index (χ4n) is 2.82. The number of hydrogen-bond donors (Lipinski definition) is 1. The largest absolute Gasteiger partial charge is 0.444 e. The molecule has 0 bridgehead atoms. The van der Waals surface area contributed by atoms with Gasteiger partial charge in [0.2, 0.25) is 0 Å². The molecule has 8 heteroatoms. The monoisotopic (exact) mass is 371 g/mol. The quantitative estimate of drug-likeness (QED) is 0.815. The lowest BCUT2D eigenvalue weighted by atomic mass is 10.1. The normalized spacial score (nSPS) is 17.1. The number of hydrogen-bond acceptors (Lipinski definition) is 6. The third-order valence-electron chi connectivity index (χ3n) is 4.09. The lowest BCUT2D eigenvalue weighted by Gasteiger charge is -2.41. The summed E-state index contributed by atoms with van der Waals surface area (Å²) in [5.41, 5.74) is 0.388. The van der Waals surface area contributed by atoms with Crippen LogP contribution in [0.2, 0.25) is 0 Å². The number of amides is 2. The van der Waals surface area contributed by atoms with Crippen LogP contribution < -0.4 is 10.2 Å². The van der Waals surface area contributed by atoms with Gasteiger partial charge in [0.1, 0.15) is 17.4 Å². The van der Waals surface area contributed by atoms with E-state index in [4.69, 9.17) is 4.74 Å². The molecule has 0 spiro atoms. The van der Waals surface area contributed by atoms with E-state index in [-0.39, 0.29) is 29.4 Å². The van der Waals surface area contributed by atoms with E-state index >= 15 is 0 Å². The van der Waals surface area contributed by atoms with Crippen molar-refractivity contribution in [2.75, 3.05) is 31.6 Å². The number of ether oxygens (including phenoxy) is 1. The molecule has 1 saturated heterocycles. The van der Waals surface area contributed by atoms with Gasteiger partial charge in [-0.3, -0.25) is 4.79 Å². The van der Waals surface area contributed by atoms with Crippen molar-refractivity contribution in [3.63, 3.8) is 0 Å². The van der Waals surface area contributed by atoms with Crippen molar-refractivity contribution >= 4 is 17.7 Å². The fraction of sp³-hybridized carbons (Fsp3) is 0.474. The van der Waals surface area contributed by atoms with E-state index in [1.807, 2.05) is 31.7 Å². The number of anilines is 1. The van der Waals surface area contributed by atoms with Crippen molar-refractivity contribution < 1.29 is 14.3 Å². The summed E-state index contributed by atoms with van der Waals surface area (Å²) in [6.45, 7) is 10.7. The average molecular weight is 371 g/mol. The second kappa shape index (κ2) is 8.08. The highest BCUT2D eigenvalue weighted by Crippen LogP contribution is 2.25. The smallest absolute Gasteiger partial charge is 0.410 e. The summed E-state index contributed by atoms with van der Waals surface area (Å²) in [6.07, 6.45) is 1.35. The van der Waals surface area contributed by atoms with Crippen molar-refractivity contribution in [3.05, 3.63) is 36.2 Å². The average Bonchev–Trinajstić information content (AvgIpc) is 2.64. The van der Waals surface area contributed by atoms with Crippen LogP contribution in [0.3, 0.4) is 0 Å². The van der Waals surface area contributed by atoms with Crippen LogP contribution >= 0.6 is 0 Å². The molecule has 2 heterocycles. The highest BCUT2D eigenvalue weighted by atomic mass is 16.6. The molecule has 2 amide bonds. The van der Waals surface area contributed by atoms with Crippen molar-refractivity contribution in [3.8, 4) is 6.07 Å². The maximum absolute atomic E-state index is 12.3. The topological polar surface area (TPSA) is 98.6 Å². The molecule has 0 saturated carbocycles. The van der Waals surface area contributed by atoms with E-state index in [2.05, 4.69) is 16.9 Å². The molecule has 1 N–H and O–H groups in total. The summed E-state index contributed by atoms with van der Waals surface area (Å²) >= 11 is 0. The van der Waals surface area contributed by atoms with Gasteiger partial charge in [0.15, 0.2) is 5.69 Å². The van der Waals surface area contributed by atoms with Gasteiger partial charge in [-0.2, -0.15) is 5.26 Å². The minimum atomic E-state index is -0.564. The Bertz CT molecular complexity index is 779. The van der Waals surface area contributed by atoms with E-state index in [1.54, 1.807) is 23.1 Å². The number of carbonyl (C=O) groups excluding carboxylic acids is 2. The van der Waals surface area contributed by atoms with Crippen LogP contribution in [0.25, 0.3) is 0 Å². The number of nitrogens with zero attached hydrogens (tertiary/aromatic N) is 4. The first-order valence-corrected chi connectivity index (χ1v) is 8.70. The molecule has 1 aromatic rings. The maximum atomic E-state index is 12.3. The van der Waals surface area contributed by atoms with Crippen molar-refractivity contribution in [1.82, 2.24) is 15.2 Å². The highest BCUT2D eigenvalue weighted by Gasteiger charge is 2.32. The zero-order valence-electron chi connectivity index (χ0n) is 16.2. The molecule has 0 unspecified atom stereocenters. The number of pyridine rings is 1. The molecule has 0 aliphatic carbocycles. The van der Waals surface area contributed by atoms with Crippen molar-refractivity contribution in [2.24, 2.45) is 0 Å². The molecule has 144 valence electrons. The van der Waals surface area contributed by atoms with Crippen LogP contribution in [0, 0.1) is 11.3 Å². The predicted octanol–water partition coefficient (Wildman–Crippen LogP) is 1.92. The Morgan fingerprint density at radius 2 is 2.11 bits per heavy atom. The van der Waals surface area contributed by atoms with Crippen molar-refractivity contribution in [1.29, 1.82) is 5.26 Å². The molecule has 2 rings (SSSR count). The number of piperazine rings is 1. The van der Waals surface area contributed by atoms with Gasteiger partial charge in [0.05, 0.1) is 11.7 Å². The molecular formula is C19H25N5O3. The summed E-state index contributed by atoms with van der Waals surface area (Å²) < 4.78 is 5.44. The Morgan fingerprint density at radius 3 is 2.67 bits per heavy atom. The summed E-state index contributed by atoms with van der Waals surface area (Å²) in [5, 5.41) is 12.0. The molecule has 0 radical (unpaired) electrons. The second-order valence-electron chi connectivity index (χ2n) is 7.18. The van der Waals surface area contributed by atoms with Crippen molar-refractivity contribution in [2.45, 2.75) is 32.4 Å². The number of aromatic nitrogens is 1. The zero-order valence-corrected chi connectivity index (χ0v) is 16.2. The van der Waals surface area contributed by atoms with Gasteiger partial charge >= 0.3 is 6.09 Å². The van der Waals surface area contributed by atoms with Gasteiger partial charge in [0.25, 0.3) is 5.91 Å². The molecular weight excluding hydrogens is 346 g/mol. The SMILES string of the molecule is C=C[C@@H]1CN(C(=O)OC(C)(C)C)CCN1c1ccc(C(=O)NC)nc1C#N. The molecule has 1 atom stereocenters. The van der Waals surface area contributed by atoms with E-state index in [0.29, 0.717) is 25.3 Å². The van der Waals surface area contributed by atoms with Gasteiger partial charge in [-0.1, -0.05) is 6.08 Å². The molecule has 1 aliphatic heterocycles. The minimum absolute atomic E-state index is 0.161. The summed E-state index contributed by atoms with van der Waals surface area (Å²) in [7, 11) is 1.51. The van der Waals surface area contributed by atoms with E-state index in [9.17, 15) is 14.9 Å². The lowest BCUT2D eigenvalue weighted by molar-refractivity contribution is 0.0225. The number of carbonyl (C=O) groups is 2. The Hall–Kier alpha value is -3.08. The van der Waals surface area contributed by atoms with E-state index in [1.165, 1.54) is 7.05 Å². The van der Waals surface area contributed by atoms with Gasteiger partial charge < -0.3 is 19.9 Å². The first-order valence-electron chi connectivity index (χ1n) is 8.70. The molecule has 1 aromatic heterocycles. The molecule has 1 fully saturated rings. The maximum Gasteiger partial charge on any atom is 0.410 e. The van der Waals surface area contributed by atoms with Gasteiger partial charge in [-0.15, -0.1) is 6.58 Å². The first kappa shape index (κ1) is 20.2. The number of rotatable bonds is 3. The third kappa shape index (κ3) is 4.76. The Labute approximate surface area is 159 Å². The van der Waals surface area contributed by atoms with Crippen LogP contribution in [0.4, 0.5) is 10.5 Å². The summed E-state index contributed by atoms with van der Waals surface area (Å²) in [4.78, 5) is 31.8. The standard InChI is InChI=1S/C19H25N5O3/c1-6-13-12-23(18(26)27-19(2,3)4)9-10-24(13)16-8-7-14(17(25)21-5)22-15(16)11-20/h6-8,13H,1,9-10,12H2,2-5H3,(H,21,25)/t13-/m1/s1. The van der Waals surface area contributed by atoms with Gasteiger partial charge in [-0.05, 0) is 32.9 Å². The highest BCUT2D eigenvalue weighted by molar-refractivity contribution is 5.92. The van der Waals surface area contributed by atoms with Gasteiger partial charge in [0, 0.05) is 26.7 Å². The second-order valence-corrected chi connectivity index (χ2v) is 7.18. The summed E-state index contributed by atoms with van der Waals surface area (Å²) in [5.74, 6) is -0.354. The number of nitriles is 1. The Balaban J connectivity index is 2.23. The predicted molar refractivity (Wildman–Crippen MR) is 101 cm³/mol. The number of nitrogens with one attached hydrogen (secondary N) is 1. The van der Waals surface area contributed by atoms with Crippen LogP contribution in [-0.2, 0) is 4.74 Å². The molecule has 1 aliphatic rings. The lowest BCUT2D eigenvalue weighted by Crippen LogP contribution is -2.55.